The van der Waals surface area contributed by atoms with E-state index >= 15 is 0 Å². The van der Waals surface area contributed by atoms with Crippen LogP contribution in [0.25, 0.3) is 6.08 Å². The summed E-state index contributed by atoms with van der Waals surface area (Å²) in [5.74, 6) is -0.893. The van der Waals surface area contributed by atoms with Gasteiger partial charge >= 0.3 is 6.09 Å². The second-order valence-corrected chi connectivity index (χ2v) is 12.9. The summed E-state index contributed by atoms with van der Waals surface area (Å²) in [5.41, 5.74) is 3.48. The number of hydrogen-bond acceptors (Lipinski definition) is 7. The van der Waals surface area contributed by atoms with Crippen LogP contribution in [0.2, 0.25) is 0 Å². The summed E-state index contributed by atoms with van der Waals surface area (Å²) in [5, 5.41) is 8.54. The third-order valence-corrected chi connectivity index (χ3v) is 8.00. The van der Waals surface area contributed by atoms with Crippen molar-refractivity contribution in [3.63, 3.8) is 0 Å². The smallest absolute Gasteiger partial charge is 0.412 e. The molecule has 1 unspecified atom stereocenters. The zero-order valence-corrected chi connectivity index (χ0v) is 26.9. The van der Waals surface area contributed by atoms with E-state index in [0.29, 0.717) is 41.2 Å². The van der Waals surface area contributed by atoms with Crippen molar-refractivity contribution in [3.05, 3.63) is 89.8 Å². The molecule has 10 heteroatoms. The number of carbonyl (C=O) groups excluding carboxylic acids is 3. The van der Waals surface area contributed by atoms with E-state index < -0.39 is 17.6 Å². The topological polar surface area (TPSA) is 122 Å². The Hall–Kier alpha value is -4.54. The number of aryl methyl sites for hydroxylation is 1. The number of nitrogens with zero attached hydrogens (tertiary/aromatic N) is 2. The van der Waals surface area contributed by atoms with Gasteiger partial charge in [0.1, 0.15) is 5.60 Å². The molecule has 0 aliphatic carbocycles. The van der Waals surface area contributed by atoms with Crippen LogP contribution < -0.4 is 16.0 Å². The first-order valence-electron chi connectivity index (χ1n) is 15.8. The van der Waals surface area contributed by atoms with E-state index in [9.17, 15) is 14.4 Å². The summed E-state index contributed by atoms with van der Waals surface area (Å²) in [6, 6.07) is 18.8. The molecule has 3 atom stereocenters. The van der Waals surface area contributed by atoms with Crippen LogP contribution >= 0.6 is 0 Å². The Balaban J connectivity index is 1.21. The Morgan fingerprint density at radius 2 is 1.76 bits per heavy atom. The molecule has 3 amide bonds. The van der Waals surface area contributed by atoms with Crippen molar-refractivity contribution in [1.29, 1.82) is 0 Å². The molecule has 5 rings (SSSR count). The maximum Gasteiger partial charge on any atom is 0.412 e. The van der Waals surface area contributed by atoms with E-state index in [4.69, 9.17) is 9.47 Å². The van der Waals surface area contributed by atoms with Gasteiger partial charge in [0.25, 0.3) is 0 Å². The molecule has 2 fully saturated rings. The minimum atomic E-state index is -0.650. The second kappa shape index (κ2) is 14.7. The SMILES string of the molecule is Cc1ccc(NC(=O)C(CCCN2C[C@@H]3C[C@H]2CO3)c2ccc(/C=C/C(=O)Nc3ccccc3NC(=O)OC(C)(C)C)cn2)cc1. The minimum Gasteiger partial charge on any atom is -0.444 e. The summed E-state index contributed by atoms with van der Waals surface area (Å²) in [7, 11) is 0. The highest BCUT2D eigenvalue weighted by Gasteiger charge is 2.38. The van der Waals surface area contributed by atoms with Crippen LogP contribution in [0, 0.1) is 6.92 Å². The Morgan fingerprint density at radius 3 is 2.39 bits per heavy atom. The van der Waals surface area contributed by atoms with Gasteiger partial charge in [-0.3, -0.25) is 24.8 Å². The molecular weight excluding hydrogens is 582 g/mol. The van der Waals surface area contributed by atoms with Gasteiger partial charge in [0, 0.05) is 30.5 Å². The third-order valence-electron chi connectivity index (χ3n) is 8.00. The maximum absolute atomic E-state index is 13.5. The van der Waals surface area contributed by atoms with Gasteiger partial charge in [0.2, 0.25) is 11.8 Å². The van der Waals surface area contributed by atoms with Gasteiger partial charge in [0.05, 0.1) is 35.7 Å². The van der Waals surface area contributed by atoms with Crippen molar-refractivity contribution in [2.24, 2.45) is 0 Å². The minimum absolute atomic E-state index is 0.0936. The molecule has 3 N–H and O–H groups in total. The first-order valence-corrected chi connectivity index (χ1v) is 15.8. The molecule has 0 spiro atoms. The lowest BCUT2D eigenvalue weighted by Gasteiger charge is -2.27. The molecule has 2 aliphatic rings. The highest BCUT2D eigenvalue weighted by Crippen LogP contribution is 2.29. The number of aromatic nitrogens is 1. The van der Waals surface area contributed by atoms with E-state index in [1.807, 2.05) is 43.3 Å². The number of benzene rings is 2. The van der Waals surface area contributed by atoms with Crippen LogP contribution in [0.1, 0.15) is 62.8 Å². The van der Waals surface area contributed by atoms with Crippen LogP contribution in [0.5, 0.6) is 0 Å². The van der Waals surface area contributed by atoms with Gasteiger partial charge in [-0.15, -0.1) is 0 Å². The summed E-state index contributed by atoms with van der Waals surface area (Å²) < 4.78 is 11.1. The molecular formula is C36H43N5O5. The predicted molar refractivity (Wildman–Crippen MR) is 180 cm³/mol. The first kappa shape index (κ1) is 32.8. The Labute approximate surface area is 270 Å². The molecule has 0 radical (unpaired) electrons. The largest absolute Gasteiger partial charge is 0.444 e. The maximum atomic E-state index is 13.5. The van der Waals surface area contributed by atoms with E-state index in [0.717, 1.165) is 43.8 Å². The van der Waals surface area contributed by atoms with Crippen LogP contribution in [-0.2, 0) is 19.1 Å². The average Bonchev–Trinajstić information content (AvgIpc) is 3.64. The quantitative estimate of drug-likeness (QED) is 0.212. The van der Waals surface area contributed by atoms with Crippen LogP contribution in [0.3, 0.4) is 0 Å². The second-order valence-electron chi connectivity index (χ2n) is 12.9. The first-order chi connectivity index (χ1) is 22.0. The molecule has 1 aromatic heterocycles. The van der Waals surface area contributed by atoms with E-state index in [-0.39, 0.29) is 11.8 Å². The standard InChI is InChI=1S/C36H43N5O5/c1-24-11-15-26(16-12-24)38-34(43)29(8-7-19-41-22-28-20-27(41)23-45-28)30-17-13-25(21-37-30)14-18-33(42)39-31-9-5-6-10-32(31)40-35(44)46-36(2,3)4/h5-6,9-18,21,27-29H,7-8,19-20,22-23H2,1-4H3,(H,38,43)(H,39,42)(H,40,44)/b18-14+/t27-,28-,29?/m0/s1. The highest BCUT2D eigenvalue weighted by atomic mass is 16.6. The predicted octanol–water partition coefficient (Wildman–Crippen LogP) is 6.36. The molecule has 3 aromatic rings. The van der Waals surface area contributed by atoms with Gasteiger partial charge in [-0.2, -0.15) is 0 Å². The van der Waals surface area contributed by atoms with Crippen molar-refractivity contribution in [2.45, 2.75) is 70.6 Å². The van der Waals surface area contributed by atoms with Crippen molar-refractivity contribution < 1.29 is 23.9 Å². The number of fused-ring (bicyclic) bond motifs is 2. The molecule has 0 saturated carbocycles. The fourth-order valence-electron chi connectivity index (χ4n) is 5.71. The molecule has 46 heavy (non-hydrogen) atoms. The van der Waals surface area contributed by atoms with Crippen molar-refractivity contribution in [1.82, 2.24) is 9.88 Å². The lowest BCUT2D eigenvalue weighted by atomic mass is 9.96. The lowest BCUT2D eigenvalue weighted by molar-refractivity contribution is -0.118. The van der Waals surface area contributed by atoms with Gasteiger partial charge in [0.15, 0.2) is 0 Å². The summed E-state index contributed by atoms with van der Waals surface area (Å²) >= 11 is 0. The number of nitrogens with one attached hydrogen (secondary N) is 3. The highest BCUT2D eigenvalue weighted by molar-refractivity contribution is 6.05. The van der Waals surface area contributed by atoms with E-state index in [2.05, 4.69) is 25.8 Å². The van der Waals surface area contributed by atoms with Crippen molar-refractivity contribution in [3.8, 4) is 0 Å². The van der Waals surface area contributed by atoms with Gasteiger partial charge in [-0.05, 0) is 95.5 Å². The van der Waals surface area contributed by atoms with Crippen LogP contribution in [-0.4, -0.2) is 65.2 Å². The normalized spacial score (nSPS) is 18.3. The molecule has 10 nitrogen and oxygen atoms in total. The number of morpholine rings is 1. The fraction of sp³-hybridized carbons (Fsp3) is 0.389. The van der Waals surface area contributed by atoms with Crippen molar-refractivity contribution in [2.75, 3.05) is 35.6 Å². The molecule has 3 heterocycles. The third kappa shape index (κ3) is 9.24. The molecule has 242 valence electrons. The number of hydrogen-bond donors (Lipinski definition) is 3. The number of para-hydroxylation sites is 2. The fourth-order valence-corrected chi connectivity index (χ4v) is 5.71. The number of pyridine rings is 1. The summed E-state index contributed by atoms with van der Waals surface area (Å²) in [4.78, 5) is 45.6. The number of rotatable bonds is 11. The number of amides is 3. The van der Waals surface area contributed by atoms with Gasteiger partial charge in [-0.1, -0.05) is 35.9 Å². The number of ether oxygens (including phenoxy) is 2. The average molecular weight is 626 g/mol. The summed E-state index contributed by atoms with van der Waals surface area (Å²) in [6.07, 6.45) is 7.08. The Kier molecular flexibility index (Phi) is 10.5. The zero-order valence-electron chi connectivity index (χ0n) is 26.9. The molecule has 2 aromatic carbocycles. The molecule has 2 aliphatic heterocycles. The van der Waals surface area contributed by atoms with Gasteiger partial charge in [-0.25, -0.2) is 4.79 Å². The number of likely N-dealkylation sites (tertiary alicyclic amines) is 1. The molecule has 2 bridgehead atoms. The van der Waals surface area contributed by atoms with Gasteiger partial charge < -0.3 is 20.1 Å². The number of carbonyl (C=O) groups is 3. The summed E-state index contributed by atoms with van der Waals surface area (Å²) in [6.45, 7) is 10.0. The van der Waals surface area contributed by atoms with E-state index in [1.54, 1.807) is 57.3 Å². The lowest BCUT2D eigenvalue weighted by Crippen LogP contribution is -2.37. The van der Waals surface area contributed by atoms with E-state index in [1.165, 1.54) is 6.08 Å². The van der Waals surface area contributed by atoms with Crippen LogP contribution in [0.4, 0.5) is 21.9 Å². The Bertz CT molecular complexity index is 1550. The molecule has 2 saturated heterocycles. The number of anilines is 3. The zero-order chi connectivity index (χ0) is 32.7. The Morgan fingerprint density at radius 1 is 1.02 bits per heavy atom. The monoisotopic (exact) mass is 625 g/mol. The van der Waals surface area contributed by atoms with Crippen molar-refractivity contribution >= 4 is 41.0 Å². The van der Waals surface area contributed by atoms with Crippen LogP contribution in [0.15, 0.2) is 72.9 Å².